The van der Waals surface area contributed by atoms with Crippen LogP contribution in [0, 0.1) is 0 Å². The normalized spacial score (nSPS) is 26.4. The summed E-state index contributed by atoms with van der Waals surface area (Å²) in [4.78, 5) is 2.46. The van der Waals surface area contributed by atoms with Crippen molar-refractivity contribution < 1.29 is 0 Å². The molecule has 1 saturated heterocycles. The van der Waals surface area contributed by atoms with Crippen LogP contribution in [0.4, 0.5) is 0 Å². The van der Waals surface area contributed by atoms with Crippen molar-refractivity contribution in [1.29, 1.82) is 0 Å². The molecular weight excluding hydrogens is 184 g/mol. The van der Waals surface area contributed by atoms with Gasteiger partial charge >= 0.3 is 0 Å². The second-order valence-corrected chi connectivity index (χ2v) is 3.97. The van der Waals surface area contributed by atoms with Crippen molar-refractivity contribution in [3.8, 4) is 0 Å². The zero-order chi connectivity index (χ0) is 9.68. The van der Waals surface area contributed by atoms with Gasteiger partial charge in [0, 0.05) is 37.8 Å². The third-order valence-electron chi connectivity index (χ3n) is 2.49. The minimum Gasteiger partial charge on any atom is -0.311 e. The average molecular weight is 203 g/mol. The van der Waals surface area contributed by atoms with Crippen LogP contribution in [0.1, 0.15) is 20.3 Å². The summed E-state index contributed by atoms with van der Waals surface area (Å²) in [5.74, 6) is 0. The lowest BCUT2D eigenvalue weighted by atomic mass is 10.1. The SMILES string of the molecule is CCC1CN(CC(C)=CCl)CCN1. The summed E-state index contributed by atoms with van der Waals surface area (Å²) in [5.41, 5.74) is 2.93. The molecule has 1 rings (SSSR count). The summed E-state index contributed by atoms with van der Waals surface area (Å²) < 4.78 is 0. The Morgan fingerprint density at radius 2 is 2.46 bits per heavy atom. The Morgan fingerprint density at radius 1 is 1.69 bits per heavy atom. The molecule has 2 nitrogen and oxygen atoms in total. The van der Waals surface area contributed by atoms with E-state index in [4.69, 9.17) is 11.6 Å². The summed E-state index contributed by atoms with van der Waals surface area (Å²) in [6.45, 7) is 8.72. The zero-order valence-electron chi connectivity index (χ0n) is 8.52. The molecule has 1 fully saturated rings. The molecule has 1 atom stereocenters. The fraction of sp³-hybridized carbons (Fsp3) is 0.800. The van der Waals surface area contributed by atoms with Crippen molar-refractivity contribution in [3.05, 3.63) is 11.1 Å². The number of halogens is 1. The minimum atomic E-state index is 0.664. The van der Waals surface area contributed by atoms with Gasteiger partial charge in [-0.1, -0.05) is 18.5 Å². The summed E-state index contributed by atoms with van der Waals surface area (Å²) in [5, 5.41) is 3.50. The van der Waals surface area contributed by atoms with E-state index in [2.05, 4.69) is 24.1 Å². The standard InChI is InChI=1S/C10H19ClN2/c1-3-10-8-13(5-4-12-10)7-9(2)6-11/h6,10,12H,3-5,7-8H2,1-2H3. The Hall–Kier alpha value is -0.0500. The molecule has 76 valence electrons. The van der Waals surface area contributed by atoms with Crippen LogP contribution in [0.2, 0.25) is 0 Å². The van der Waals surface area contributed by atoms with Crippen LogP contribution in [0.25, 0.3) is 0 Å². The van der Waals surface area contributed by atoms with Gasteiger partial charge in [0.1, 0.15) is 0 Å². The Bertz CT molecular complexity index is 180. The lowest BCUT2D eigenvalue weighted by Crippen LogP contribution is -2.50. The Labute approximate surface area is 85.9 Å². The van der Waals surface area contributed by atoms with E-state index in [1.165, 1.54) is 12.0 Å². The Morgan fingerprint density at radius 3 is 3.08 bits per heavy atom. The molecule has 0 saturated carbocycles. The van der Waals surface area contributed by atoms with Gasteiger partial charge in [-0.15, -0.1) is 0 Å². The van der Waals surface area contributed by atoms with Crippen molar-refractivity contribution in [3.63, 3.8) is 0 Å². The molecule has 0 aliphatic carbocycles. The molecule has 0 amide bonds. The van der Waals surface area contributed by atoms with E-state index in [0.29, 0.717) is 6.04 Å². The van der Waals surface area contributed by atoms with Gasteiger partial charge in [0.2, 0.25) is 0 Å². The molecule has 0 aromatic carbocycles. The van der Waals surface area contributed by atoms with E-state index < -0.39 is 0 Å². The highest BCUT2D eigenvalue weighted by Gasteiger charge is 2.17. The van der Waals surface area contributed by atoms with Crippen LogP contribution in [0.15, 0.2) is 11.1 Å². The topological polar surface area (TPSA) is 15.3 Å². The maximum Gasteiger partial charge on any atom is 0.0203 e. The highest BCUT2D eigenvalue weighted by atomic mass is 35.5. The molecule has 0 bridgehead atoms. The number of nitrogens with one attached hydrogen (secondary N) is 1. The average Bonchev–Trinajstić information content (AvgIpc) is 2.18. The number of rotatable bonds is 3. The number of piperazine rings is 1. The largest absolute Gasteiger partial charge is 0.311 e. The van der Waals surface area contributed by atoms with Gasteiger partial charge in [0.15, 0.2) is 0 Å². The molecule has 1 aliphatic heterocycles. The molecule has 1 N–H and O–H groups in total. The first-order chi connectivity index (χ1) is 6.26. The Balaban J connectivity index is 2.34. The van der Waals surface area contributed by atoms with Crippen LogP contribution in [0.5, 0.6) is 0 Å². The molecule has 0 radical (unpaired) electrons. The van der Waals surface area contributed by atoms with E-state index in [1.54, 1.807) is 5.54 Å². The third-order valence-corrected chi connectivity index (χ3v) is 2.86. The highest BCUT2D eigenvalue weighted by molar-refractivity contribution is 6.25. The Kier molecular flexibility index (Phi) is 4.78. The molecule has 13 heavy (non-hydrogen) atoms. The van der Waals surface area contributed by atoms with E-state index in [1.807, 2.05) is 0 Å². The molecule has 0 spiro atoms. The fourth-order valence-electron chi connectivity index (χ4n) is 1.70. The summed E-state index contributed by atoms with van der Waals surface area (Å²) in [6, 6.07) is 0.664. The first-order valence-electron chi connectivity index (χ1n) is 4.97. The zero-order valence-corrected chi connectivity index (χ0v) is 9.27. The van der Waals surface area contributed by atoms with E-state index in [9.17, 15) is 0 Å². The predicted molar refractivity (Wildman–Crippen MR) is 58.1 cm³/mol. The lowest BCUT2D eigenvalue weighted by molar-refractivity contribution is 0.211. The molecule has 3 heteroatoms. The van der Waals surface area contributed by atoms with Gasteiger partial charge in [-0.2, -0.15) is 0 Å². The van der Waals surface area contributed by atoms with Crippen molar-refractivity contribution in [1.82, 2.24) is 10.2 Å². The monoisotopic (exact) mass is 202 g/mol. The smallest absolute Gasteiger partial charge is 0.0203 e. The van der Waals surface area contributed by atoms with E-state index in [-0.39, 0.29) is 0 Å². The second kappa shape index (κ2) is 5.63. The van der Waals surface area contributed by atoms with E-state index in [0.717, 1.165) is 26.2 Å². The molecule has 1 heterocycles. The van der Waals surface area contributed by atoms with Gasteiger partial charge < -0.3 is 5.32 Å². The molecule has 0 aromatic heterocycles. The van der Waals surface area contributed by atoms with Crippen LogP contribution in [0.3, 0.4) is 0 Å². The highest BCUT2D eigenvalue weighted by Crippen LogP contribution is 2.06. The van der Waals surface area contributed by atoms with Gasteiger partial charge in [-0.25, -0.2) is 0 Å². The summed E-state index contributed by atoms with van der Waals surface area (Å²) in [6.07, 6.45) is 1.21. The van der Waals surface area contributed by atoms with E-state index >= 15 is 0 Å². The van der Waals surface area contributed by atoms with Crippen LogP contribution >= 0.6 is 11.6 Å². The molecular formula is C10H19ClN2. The minimum absolute atomic E-state index is 0.664. The lowest BCUT2D eigenvalue weighted by Gasteiger charge is -2.33. The van der Waals surface area contributed by atoms with Crippen LogP contribution < -0.4 is 5.32 Å². The van der Waals surface area contributed by atoms with Gasteiger partial charge in [0.25, 0.3) is 0 Å². The number of hydrogen-bond donors (Lipinski definition) is 1. The third kappa shape index (κ3) is 3.67. The molecule has 1 aliphatic rings. The predicted octanol–water partition coefficient (Wildman–Crippen LogP) is 1.81. The van der Waals surface area contributed by atoms with Crippen molar-refractivity contribution in [2.24, 2.45) is 0 Å². The van der Waals surface area contributed by atoms with Gasteiger partial charge in [0.05, 0.1) is 0 Å². The maximum atomic E-state index is 5.64. The van der Waals surface area contributed by atoms with Crippen molar-refractivity contribution in [2.45, 2.75) is 26.3 Å². The first-order valence-corrected chi connectivity index (χ1v) is 5.41. The molecule has 0 aromatic rings. The van der Waals surface area contributed by atoms with Crippen LogP contribution in [-0.4, -0.2) is 37.1 Å². The second-order valence-electron chi connectivity index (χ2n) is 3.75. The first kappa shape index (κ1) is 11.0. The van der Waals surface area contributed by atoms with Gasteiger partial charge in [-0.3, -0.25) is 4.90 Å². The quantitative estimate of drug-likeness (QED) is 0.751. The summed E-state index contributed by atoms with van der Waals surface area (Å²) in [7, 11) is 0. The number of hydrogen-bond acceptors (Lipinski definition) is 2. The maximum absolute atomic E-state index is 5.64. The van der Waals surface area contributed by atoms with Crippen molar-refractivity contribution in [2.75, 3.05) is 26.2 Å². The fourth-order valence-corrected chi connectivity index (χ4v) is 1.77. The molecule has 1 unspecified atom stereocenters. The van der Waals surface area contributed by atoms with Gasteiger partial charge in [-0.05, 0) is 18.9 Å². The number of nitrogens with zero attached hydrogens (tertiary/aromatic N) is 1. The summed E-state index contributed by atoms with van der Waals surface area (Å²) >= 11 is 5.64. The van der Waals surface area contributed by atoms with Crippen LogP contribution in [-0.2, 0) is 0 Å². The van der Waals surface area contributed by atoms with Crippen molar-refractivity contribution >= 4 is 11.6 Å².